The Morgan fingerprint density at radius 1 is 1.44 bits per heavy atom. The summed E-state index contributed by atoms with van der Waals surface area (Å²) in [6, 6.07) is 3.22. The average molecular weight is 218 g/mol. The first-order chi connectivity index (χ1) is 7.79. The Morgan fingerprint density at radius 3 is 2.94 bits per heavy atom. The maximum atomic E-state index is 11.6. The van der Waals surface area contributed by atoms with E-state index >= 15 is 0 Å². The zero-order valence-corrected chi connectivity index (χ0v) is 8.38. The van der Waals surface area contributed by atoms with Crippen molar-refractivity contribution in [1.82, 2.24) is 9.97 Å². The van der Waals surface area contributed by atoms with Gasteiger partial charge in [-0.2, -0.15) is 0 Å². The quantitative estimate of drug-likeness (QED) is 0.793. The van der Waals surface area contributed by atoms with Crippen LogP contribution in [0.25, 0.3) is 0 Å². The highest BCUT2D eigenvalue weighted by atomic mass is 16.4. The number of rotatable bonds is 3. The Bertz CT molecular complexity index is 481. The number of carbonyl (C=O) groups excluding carboxylic acids is 1. The molecule has 0 aliphatic heterocycles. The molecule has 2 rings (SSSR count). The molecule has 0 fully saturated rings. The molecule has 1 amide bonds. The van der Waals surface area contributed by atoms with E-state index in [0.29, 0.717) is 11.6 Å². The summed E-state index contributed by atoms with van der Waals surface area (Å²) in [5.41, 5.74) is 5.37. The van der Waals surface area contributed by atoms with Crippen LogP contribution in [0.3, 0.4) is 0 Å². The predicted octanol–water partition coefficient (Wildman–Crippen LogP) is 0.781. The molecule has 6 heteroatoms. The highest BCUT2D eigenvalue weighted by molar-refractivity contribution is 6.01. The number of amides is 1. The summed E-state index contributed by atoms with van der Waals surface area (Å²) in [7, 11) is 0. The van der Waals surface area contributed by atoms with Crippen LogP contribution < -0.4 is 11.1 Å². The van der Waals surface area contributed by atoms with Crippen molar-refractivity contribution in [1.29, 1.82) is 0 Å². The van der Waals surface area contributed by atoms with Crippen molar-refractivity contribution < 1.29 is 9.21 Å². The molecule has 0 aromatic carbocycles. The highest BCUT2D eigenvalue weighted by Gasteiger charge is 2.11. The minimum absolute atomic E-state index is 0.200. The van der Waals surface area contributed by atoms with Gasteiger partial charge in [-0.15, -0.1) is 0 Å². The molecular weight excluding hydrogens is 208 g/mol. The van der Waals surface area contributed by atoms with Crippen LogP contribution in [0, 0.1) is 0 Å². The highest BCUT2D eigenvalue weighted by Crippen LogP contribution is 2.09. The largest absolute Gasteiger partial charge is 0.455 e. The van der Waals surface area contributed by atoms with E-state index in [0.717, 1.165) is 0 Å². The van der Waals surface area contributed by atoms with E-state index in [1.54, 1.807) is 12.1 Å². The van der Waals surface area contributed by atoms with Gasteiger partial charge in [-0.3, -0.25) is 9.78 Å². The fourth-order valence-electron chi connectivity index (χ4n) is 1.15. The number of hydrogen-bond donors (Lipinski definition) is 2. The Kier molecular flexibility index (Phi) is 2.93. The zero-order chi connectivity index (χ0) is 11.4. The second-order valence-corrected chi connectivity index (χ2v) is 3.01. The summed E-state index contributed by atoms with van der Waals surface area (Å²) in [6.45, 7) is 0.262. The Balaban J connectivity index is 2.09. The molecule has 0 radical (unpaired) electrons. The topological polar surface area (TPSA) is 94.0 Å². The maximum absolute atomic E-state index is 11.6. The molecule has 0 aliphatic rings. The zero-order valence-electron chi connectivity index (χ0n) is 8.38. The molecule has 0 spiro atoms. The number of nitrogens with one attached hydrogen (secondary N) is 1. The summed E-state index contributed by atoms with van der Waals surface area (Å²) in [4.78, 5) is 19.4. The fourth-order valence-corrected chi connectivity index (χ4v) is 1.15. The van der Waals surface area contributed by atoms with Crippen LogP contribution in [-0.4, -0.2) is 15.9 Å². The molecule has 0 unspecified atom stereocenters. The second kappa shape index (κ2) is 4.54. The number of nitrogens with two attached hydrogens (primary N) is 1. The first kappa shape index (κ1) is 10.3. The van der Waals surface area contributed by atoms with E-state index in [2.05, 4.69) is 15.3 Å². The van der Waals surface area contributed by atoms with Gasteiger partial charge in [-0.1, -0.05) is 0 Å². The molecule has 2 aromatic heterocycles. The van der Waals surface area contributed by atoms with Gasteiger partial charge in [-0.05, 0) is 12.1 Å². The van der Waals surface area contributed by atoms with Crippen LogP contribution in [0.2, 0.25) is 0 Å². The lowest BCUT2D eigenvalue weighted by atomic mass is 10.4. The summed E-state index contributed by atoms with van der Waals surface area (Å²) >= 11 is 0. The number of furan rings is 1. The number of aromatic nitrogens is 2. The first-order valence-electron chi connectivity index (χ1n) is 4.66. The smallest absolute Gasteiger partial charge is 0.292 e. The van der Waals surface area contributed by atoms with Crippen molar-refractivity contribution in [3.63, 3.8) is 0 Å². The third-order valence-electron chi connectivity index (χ3n) is 1.89. The van der Waals surface area contributed by atoms with Crippen molar-refractivity contribution in [3.05, 3.63) is 42.2 Å². The van der Waals surface area contributed by atoms with Crippen LogP contribution in [-0.2, 0) is 6.54 Å². The Hall–Kier alpha value is -2.21. The van der Waals surface area contributed by atoms with Crippen LogP contribution in [0.15, 0.2) is 35.1 Å². The van der Waals surface area contributed by atoms with Crippen molar-refractivity contribution in [2.45, 2.75) is 6.54 Å². The molecule has 6 nitrogen and oxygen atoms in total. The number of hydrogen-bond acceptors (Lipinski definition) is 5. The number of carbonyl (C=O) groups is 1. The van der Waals surface area contributed by atoms with Gasteiger partial charge in [0.15, 0.2) is 11.6 Å². The molecule has 0 bridgehead atoms. The molecule has 82 valence electrons. The van der Waals surface area contributed by atoms with Gasteiger partial charge >= 0.3 is 0 Å². The lowest BCUT2D eigenvalue weighted by molar-refractivity contribution is 0.0994. The van der Waals surface area contributed by atoms with Crippen LogP contribution in [0.4, 0.5) is 5.82 Å². The molecule has 0 aliphatic carbocycles. The molecular formula is C10H10N4O2. The number of nitrogens with zero attached hydrogens (tertiary/aromatic N) is 2. The monoisotopic (exact) mass is 218 g/mol. The lowest BCUT2D eigenvalue weighted by Gasteiger charge is -2.00. The third kappa shape index (κ3) is 2.23. The third-order valence-corrected chi connectivity index (χ3v) is 1.89. The fraction of sp³-hybridized carbons (Fsp3) is 0.100. The SMILES string of the molecule is NCc1ccc(C(=O)Nc2cnccn2)o1. The van der Waals surface area contributed by atoms with Crippen molar-refractivity contribution >= 4 is 11.7 Å². The first-order valence-corrected chi connectivity index (χ1v) is 4.66. The molecule has 2 heterocycles. The standard InChI is InChI=1S/C10H10N4O2/c11-5-7-1-2-8(16-7)10(15)14-9-6-12-3-4-13-9/h1-4,6H,5,11H2,(H,13,14,15). The minimum Gasteiger partial charge on any atom is -0.455 e. The molecule has 3 N–H and O–H groups in total. The summed E-state index contributed by atoms with van der Waals surface area (Å²) in [6.07, 6.45) is 4.46. The lowest BCUT2D eigenvalue weighted by Crippen LogP contribution is -2.12. The van der Waals surface area contributed by atoms with E-state index in [1.807, 2.05) is 0 Å². The van der Waals surface area contributed by atoms with Gasteiger partial charge < -0.3 is 15.5 Å². The molecule has 0 saturated heterocycles. The van der Waals surface area contributed by atoms with Gasteiger partial charge in [0.1, 0.15) is 5.76 Å². The van der Waals surface area contributed by atoms with E-state index in [4.69, 9.17) is 10.2 Å². The van der Waals surface area contributed by atoms with Crippen molar-refractivity contribution in [2.75, 3.05) is 5.32 Å². The maximum Gasteiger partial charge on any atom is 0.292 e. The number of anilines is 1. The molecule has 2 aromatic rings. The van der Waals surface area contributed by atoms with Gasteiger partial charge in [0.2, 0.25) is 0 Å². The van der Waals surface area contributed by atoms with Gasteiger partial charge in [0, 0.05) is 12.4 Å². The molecule has 16 heavy (non-hydrogen) atoms. The Morgan fingerprint density at radius 2 is 2.31 bits per heavy atom. The predicted molar refractivity (Wildman–Crippen MR) is 56.6 cm³/mol. The summed E-state index contributed by atoms with van der Waals surface area (Å²) in [5, 5.41) is 2.55. The van der Waals surface area contributed by atoms with Crippen molar-refractivity contribution in [2.24, 2.45) is 5.73 Å². The summed E-state index contributed by atoms with van der Waals surface area (Å²) < 4.78 is 5.18. The van der Waals surface area contributed by atoms with Gasteiger partial charge in [-0.25, -0.2) is 4.98 Å². The van der Waals surface area contributed by atoms with Crippen LogP contribution in [0.1, 0.15) is 16.3 Å². The molecule has 0 atom stereocenters. The van der Waals surface area contributed by atoms with Crippen LogP contribution >= 0.6 is 0 Å². The van der Waals surface area contributed by atoms with E-state index in [1.165, 1.54) is 18.6 Å². The summed E-state index contributed by atoms with van der Waals surface area (Å²) in [5.74, 6) is 0.758. The van der Waals surface area contributed by atoms with Gasteiger partial charge in [0.05, 0.1) is 12.7 Å². The Labute approximate surface area is 91.5 Å². The average Bonchev–Trinajstić information content (AvgIpc) is 2.79. The van der Waals surface area contributed by atoms with Crippen LogP contribution in [0.5, 0.6) is 0 Å². The van der Waals surface area contributed by atoms with E-state index < -0.39 is 0 Å². The minimum atomic E-state index is -0.375. The van der Waals surface area contributed by atoms with Crippen molar-refractivity contribution in [3.8, 4) is 0 Å². The van der Waals surface area contributed by atoms with E-state index in [-0.39, 0.29) is 18.2 Å². The second-order valence-electron chi connectivity index (χ2n) is 3.01. The van der Waals surface area contributed by atoms with E-state index in [9.17, 15) is 4.79 Å². The van der Waals surface area contributed by atoms with Gasteiger partial charge in [0.25, 0.3) is 5.91 Å². The normalized spacial score (nSPS) is 10.1. The molecule has 0 saturated carbocycles.